The molecule has 1 aromatic carbocycles. The van der Waals surface area contributed by atoms with Crippen molar-refractivity contribution in [3.8, 4) is 0 Å². The monoisotopic (exact) mass is 422 g/mol. The van der Waals surface area contributed by atoms with Gasteiger partial charge in [0.2, 0.25) is 11.8 Å². The van der Waals surface area contributed by atoms with E-state index >= 15 is 0 Å². The van der Waals surface area contributed by atoms with Gasteiger partial charge in [-0.25, -0.2) is 0 Å². The van der Waals surface area contributed by atoms with E-state index in [2.05, 4.69) is 43.7 Å². The Kier molecular flexibility index (Phi) is 17.8. The normalized spacial score (nSPS) is 10.2. The summed E-state index contributed by atoms with van der Waals surface area (Å²) < 4.78 is 0. The first-order chi connectivity index (χ1) is 14.3. The number of fused-ring (bicyclic) bond motifs is 1. The van der Waals surface area contributed by atoms with Gasteiger partial charge in [-0.1, -0.05) is 58.7 Å². The lowest BCUT2D eigenvalue weighted by atomic mass is 10.0. The van der Waals surface area contributed by atoms with E-state index in [1.165, 1.54) is 19.9 Å². The number of aromatic nitrogens is 1. The van der Waals surface area contributed by atoms with Gasteiger partial charge >= 0.3 is 5.97 Å². The molecule has 7 N–H and O–H groups in total. The molecule has 0 unspecified atom stereocenters. The summed E-state index contributed by atoms with van der Waals surface area (Å²) in [5.74, 6) is -2.23. The molecule has 1 atom stereocenters. The Labute approximate surface area is 179 Å². The van der Waals surface area contributed by atoms with Gasteiger partial charge in [0.15, 0.2) is 0 Å². The summed E-state index contributed by atoms with van der Waals surface area (Å²) in [6.07, 6.45) is 4.04. The van der Waals surface area contributed by atoms with Crippen LogP contribution in [-0.2, 0) is 20.8 Å². The number of aromatic amines is 1. The summed E-state index contributed by atoms with van der Waals surface area (Å²) in [5.41, 5.74) is 11.6. The standard InChI is InChI=1S/C15H17N3O4.2C3H8.CH5N/c16-15(22)12(18-13(19)5-6-14(20)21)7-9-8-17-11-4-2-1-3-10(9)11;2*1-3-2;1-2/h1-4,8,12,17H,5-7H2,(H2,16,22)(H,18,19)(H,20,21);2*3H2,1-2H3;2H2,1H3/t12-;;;/m0.../s1. The number of carboxylic acids is 1. The molecule has 0 spiro atoms. The Morgan fingerprint density at radius 1 is 1.03 bits per heavy atom. The molecule has 30 heavy (non-hydrogen) atoms. The third-order valence-corrected chi connectivity index (χ3v) is 3.34. The molecule has 0 saturated carbocycles. The van der Waals surface area contributed by atoms with E-state index in [1.807, 2.05) is 24.3 Å². The SMILES string of the molecule is CCC.CCC.CN.NC(=O)[C@H](Cc1c[nH]c2ccccc12)NC(=O)CCC(=O)O. The molecule has 0 aliphatic rings. The predicted molar refractivity (Wildman–Crippen MR) is 122 cm³/mol. The van der Waals surface area contributed by atoms with Gasteiger partial charge in [0.05, 0.1) is 6.42 Å². The number of hydrogen-bond donors (Lipinski definition) is 5. The van der Waals surface area contributed by atoms with E-state index in [0.29, 0.717) is 0 Å². The van der Waals surface area contributed by atoms with Crippen LogP contribution in [-0.4, -0.2) is 41.0 Å². The molecule has 1 heterocycles. The number of benzene rings is 1. The Bertz CT molecular complexity index is 742. The molecule has 8 heteroatoms. The van der Waals surface area contributed by atoms with Crippen LogP contribution < -0.4 is 16.8 Å². The number of primary amides is 1. The number of carbonyl (C=O) groups is 3. The predicted octanol–water partition coefficient (Wildman–Crippen LogP) is 2.95. The van der Waals surface area contributed by atoms with Crippen molar-refractivity contribution < 1.29 is 19.5 Å². The molecule has 1 aromatic heterocycles. The highest BCUT2D eigenvalue weighted by Crippen LogP contribution is 2.19. The van der Waals surface area contributed by atoms with Crippen LogP contribution in [0.5, 0.6) is 0 Å². The number of carboxylic acid groups (broad SMARTS) is 1. The molecular formula is C22H38N4O4. The number of aliphatic carboxylic acids is 1. The van der Waals surface area contributed by atoms with E-state index in [4.69, 9.17) is 10.8 Å². The first-order valence-electron chi connectivity index (χ1n) is 10.2. The van der Waals surface area contributed by atoms with Crippen molar-refractivity contribution in [3.63, 3.8) is 0 Å². The lowest BCUT2D eigenvalue weighted by Gasteiger charge is -2.15. The summed E-state index contributed by atoms with van der Waals surface area (Å²) in [6, 6.07) is 6.71. The molecule has 0 bridgehead atoms. The van der Waals surface area contributed by atoms with Crippen LogP contribution in [0.15, 0.2) is 30.5 Å². The van der Waals surface area contributed by atoms with Gasteiger partial charge in [-0.2, -0.15) is 0 Å². The fourth-order valence-electron chi connectivity index (χ4n) is 2.23. The van der Waals surface area contributed by atoms with Gasteiger partial charge in [-0.15, -0.1) is 0 Å². The number of nitrogens with one attached hydrogen (secondary N) is 2. The van der Waals surface area contributed by atoms with Crippen molar-refractivity contribution in [2.75, 3.05) is 7.05 Å². The Morgan fingerprint density at radius 3 is 2.07 bits per heavy atom. The van der Waals surface area contributed by atoms with E-state index in [-0.39, 0.29) is 19.3 Å². The van der Waals surface area contributed by atoms with Crippen molar-refractivity contribution in [3.05, 3.63) is 36.0 Å². The lowest BCUT2D eigenvalue weighted by Crippen LogP contribution is -2.45. The van der Waals surface area contributed by atoms with Crippen LogP contribution in [0.3, 0.4) is 0 Å². The molecular weight excluding hydrogens is 384 g/mol. The van der Waals surface area contributed by atoms with Crippen LogP contribution in [0.2, 0.25) is 0 Å². The quantitative estimate of drug-likeness (QED) is 0.464. The van der Waals surface area contributed by atoms with Crippen LogP contribution in [0.1, 0.15) is 58.9 Å². The molecule has 0 saturated heterocycles. The number of amides is 2. The van der Waals surface area contributed by atoms with Gasteiger partial charge in [0.25, 0.3) is 0 Å². The highest BCUT2D eigenvalue weighted by Gasteiger charge is 2.20. The Balaban J connectivity index is 0. The van der Waals surface area contributed by atoms with Crippen molar-refractivity contribution in [1.29, 1.82) is 0 Å². The molecule has 2 amide bonds. The first kappa shape index (κ1) is 29.3. The zero-order chi connectivity index (χ0) is 23.5. The Hall–Kier alpha value is -2.87. The van der Waals surface area contributed by atoms with Gasteiger partial charge in [-0.3, -0.25) is 14.4 Å². The summed E-state index contributed by atoms with van der Waals surface area (Å²) in [6.45, 7) is 8.50. The zero-order valence-electron chi connectivity index (χ0n) is 18.8. The average Bonchev–Trinajstić information content (AvgIpc) is 3.11. The number of rotatable bonds is 7. The second kappa shape index (κ2) is 18.2. The van der Waals surface area contributed by atoms with Crippen LogP contribution in [0.4, 0.5) is 0 Å². The molecule has 2 rings (SSSR count). The summed E-state index contributed by atoms with van der Waals surface area (Å²) in [4.78, 5) is 36.7. The Morgan fingerprint density at radius 2 is 1.57 bits per heavy atom. The summed E-state index contributed by atoms with van der Waals surface area (Å²) in [5, 5.41) is 12.0. The van der Waals surface area contributed by atoms with Crippen LogP contribution in [0, 0.1) is 0 Å². The molecule has 0 aliphatic heterocycles. The third kappa shape index (κ3) is 12.6. The second-order valence-electron chi connectivity index (χ2n) is 6.39. The van der Waals surface area contributed by atoms with Gasteiger partial charge in [-0.05, 0) is 18.7 Å². The van der Waals surface area contributed by atoms with Crippen molar-refractivity contribution in [2.45, 2.75) is 65.8 Å². The molecule has 170 valence electrons. The second-order valence-corrected chi connectivity index (χ2v) is 6.39. The largest absolute Gasteiger partial charge is 0.481 e. The molecule has 0 aliphatic carbocycles. The molecule has 0 radical (unpaired) electrons. The maximum absolute atomic E-state index is 11.7. The van der Waals surface area contributed by atoms with E-state index in [1.54, 1.807) is 6.20 Å². The van der Waals surface area contributed by atoms with Gasteiger partial charge < -0.3 is 26.9 Å². The van der Waals surface area contributed by atoms with E-state index in [0.717, 1.165) is 16.5 Å². The highest BCUT2D eigenvalue weighted by atomic mass is 16.4. The minimum absolute atomic E-state index is 0.188. The fraction of sp³-hybridized carbons (Fsp3) is 0.500. The maximum Gasteiger partial charge on any atom is 0.303 e. The molecule has 0 fully saturated rings. The molecule has 2 aromatic rings. The highest BCUT2D eigenvalue weighted by molar-refractivity contribution is 5.89. The number of carbonyl (C=O) groups excluding carboxylic acids is 2. The number of H-pyrrole nitrogens is 1. The topological polar surface area (TPSA) is 151 Å². The lowest BCUT2D eigenvalue weighted by molar-refractivity contribution is -0.139. The van der Waals surface area contributed by atoms with Gasteiger partial charge in [0.1, 0.15) is 6.04 Å². The minimum Gasteiger partial charge on any atom is -0.481 e. The average molecular weight is 423 g/mol. The summed E-state index contributed by atoms with van der Waals surface area (Å²) in [7, 11) is 1.50. The summed E-state index contributed by atoms with van der Waals surface area (Å²) >= 11 is 0. The number of nitrogens with two attached hydrogens (primary N) is 2. The first-order valence-corrected chi connectivity index (χ1v) is 10.2. The smallest absolute Gasteiger partial charge is 0.303 e. The minimum atomic E-state index is -1.07. The number of hydrogen-bond acceptors (Lipinski definition) is 4. The van der Waals surface area contributed by atoms with Crippen LogP contribution >= 0.6 is 0 Å². The van der Waals surface area contributed by atoms with Crippen molar-refractivity contribution >= 4 is 28.7 Å². The maximum atomic E-state index is 11.7. The number of para-hydroxylation sites is 1. The molecule has 8 nitrogen and oxygen atoms in total. The fourth-order valence-corrected chi connectivity index (χ4v) is 2.23. The van der Waals surface area contributed by atoms with Crippen molar-refractivity contribution in [2.24, 2.45) is 11.5 Å². The van der Waals surface area contributed by atoms with E-state index < -0.39 is 23.8 Å². The third-order valence-electron chi connectivity index (χ3n) is 3.34. The van der Waals surface area contributed by atoms with Crippen LogP contribution in [0.25, 0.3) is 10.9 Å². The van der Waals surface area contributed by atoms with Crippen molar-refractivity contribution in [1.82, 2.24) is 10.3 Å². The van der Waals surface area contributed by atoms with E-state index in [9.17, 15) is 14.4 Å². The van der Waals surface area contributed by atoms with Gasteiger partial charge in [0, 0.05) is 29.9 Å². The zero-order valence-corrected chi connectivity index (χ0v) is 18.8.